The van der Waals surface area contributed by atoms with Gasteiger partial charge in [-0.2, -0.15) is 0 Å². The van der Waals surface area contributed by atoms with Crippen LogP contribution < -0.4 is 10.6 Å². The van der Waals surface area contributed by atoms with E-state index in [0.717, 1.165) is 15.0 Å². The summed E-state index contributed by atoms with van der Waals surface area (Å²) in [6.07, 6.45) is 0. The fourth-order valence-electron chi connectivity index (χ4n) is 1.55. The molecule has 1 aromatic carbocycles. The third kappa shape index (κ3) is 4.70. The van der Waals surface area contributed by atoms with Gasteiger partial charge in [0.1, 0.15) is 5.82 Å². The fraction of sp³-hybridized carbons (Fsp3) is 0.286. The Morgan fingerprint density at radius 3 is 2.81 bits per heavy atom. The maximum Gasteiger partial charge on any atom is 0.208 e. The molecule has 2 N–H and O–H groups in total. The van der Waals surface area contributed by atoms with Gasteiger partial charge in [-0.3, -0.25) is 0 Å². The summed E-state index contributed by atoms with van der Waals surface area (Å²) in [6.45, 7) is 0.263. The maximum absolute atomic E-state index is 13.6. The number of halogens is 1. The molecule has 0 aliphatic rings. The molecule has 2 aromatic rings. The average molecular weight is 322 g/mol. The number of anilines is 1. The van der Waals surface area contributed by atoms with Gasteiger partial charge in [-0.05, 0) is 23.8 Å². The number of rotatable bonds is 4. The molecule has 0 saturated heterocycles. The van der Waals surface area contributed by atoms with Crippen LogP contribution in [0, 0.1) is 17.7 Å². The first-order valence-corrected chi connectivity index (χ1v) is 8.00. The van der Waals surface area contributed by atoms with E-state index in [0.29, 0.717) is 11.3 Å². The van der Waals surface area contributed by atoms with Crippen molar-refractivity contribution < 1.29 is 4.39 Å². The minimum Gasteiger partial charge on any atom is -0.353 e. The Morgan fingerprint density at radius 1 is 1.33 bits per heavy atom. The highest BCUT2D eigenvalue weighted by Crippen LogP contribution is 2.29. The van der Waals surface area contributed by atoms with Gasteiger partial charge in [0.15, 0.2) is 4.34 Å². The Balaban J connectivity index is 2.06. The lowest BCUT2D eigenvalue weighted by Crippen LogP contribution is -2.07. The number of hydrogen-bond acceptors (Lipinski definition) is 6. The third-order valence-corrected chi connectivity index (χ3v) is 4.73. The van der Waals surface area contributed by atoms with Crippen LogP contribution in [0.5, 0.6) is 0 Å². The van der Waals surface area contributed by atoms with Gasteiger partial charge < -0.3 is 10.6 Å². The number of benzene rings is 1. The van der Waals surface area contributed by atoms with Gasteiger partial charge in [0.2, 0.25) is 5.13 Å². The Hall–Kier alpha value is -1.62. The lowest BCUT2D eigenvalue weighted by Gasteiger charge is -2.04. The molecule has 0 spiro atoms. The van der Waals surface area contributed by atoms with Crippen molar-refractivity contribution in [2.75, 3.05) is 25.5 Å². The summed E-state index contributed by atoms with van der Waals surface area (Å²) in [6, 6.07) is 4.78. The molecule has 0 saturated carbocycles. The normalized spacial score (nSPS) is 10.1. The van der Waals surface area contributed by atoms with Crippen molar-refractivity contribution in [2.45, 2.75) is 10.1 Å². The molecule has 2 rings (SSSR count). The lowest BCUT2D eigenvalue weighted by atomic mass is 10.1. The number of aromatic nitrogens is 2. The number of nitrogens with zero attached hydrogens (tertiary/aromatic N) is 3. The molecular formula is C14H15FN4S2. The second-order valence-corrected chi connectivity index (χ2v) is 6.57. The summed E-state index contributed by atoms with van der Waals surface area (Å²) >= 11 is 3.04. The fourth-order valence-corrected chi connectivity index (χ4v) is 3.24. The molecule has 0 bridgehead atoms. The zero-order valence-electron chi connectivity index (χ0n) is 11.8. The van der Waals surface area contributed by atoms with Crippen molar-refractivity contribution in [1.29, 1.82) is 0 Å². The van der Waals surface area contributed by atoms with Crippen molar-refractivity contribution in [2.24, 2.45) is 5.73 Å². The highest BCUT2D eigenvalue weighted by atomic mass is 32.2. The van der Waals surface area contributed by atoms with Crippen molar-refractivity contribution in [3.8, 4) is 11.8 Å². The molecule has 0 radical (unpaired) electrons. The number of nitrogens with two attached hydrogens (primary N) is 1. The van der Waals surface area contributed by atoms with Crippen molar-refractivity contribution >= 4 is 28.2 Å². The quantitative estimate of drug-likeness (QED) is 0.692. The van der Waals surface area contributed by atoms with Gasteiger partial charge in [0.05, 0.1) is 6.54 Å². The summed E-state index contributed by atoms with van der Waals surface area (Å²) in [4.78, 5) is 1.91. The summed E-state index contributed by atoms with van der Waals surface area (Å²) < 4.78 is 14.4. The van der Waals surface area contributed by atoms with E-state index in [4.69, 9.17) is 5.73 Å². The van der Waals surface area contributed by atoms with Crippen molar-refractivity contribution in [3.05, 3.63) is 35.1 Å². The van der Waals surface area contributed by atoms with E-state index in [1.165, 1.54) is 35.2 Å². The summed E-state index contributed by atoms with van der Waals surface area (Å²) in [5.41, 5.74) is 6.83. The molecule has 1 aromatic heterocycles. The molecule has 4 nitrogen and oxygen atoms in total. The standard InChI is InChI=1S/C14H15FN4S2/c1-19(2)13-17-18-14(21-13)20-9-11-6-10(4-3-5-16)7-12(15)8-11/h6-8H,5,9,16H2,1-2H3. The van der Waals surface area contributed by atoms with Gasteiger partial charge in [-0.25, -0.2) is 4.39 Å². The molecule has 0 aliphatic carbocycles. The predicted molar refractivity (Wildman–Crippen MR) is 86.1 cm³/mol. The van der Waals surface area contributed by atoms with E-state index in [-0.39, 0.29) is 12.4 Å². The highest BCUT2D eigenvalue weighted by Gasteiger charge is 2.07. The number of thioether (sulfide) groups is 1. The van der Waals surface area contributed by atoms with Crippen LogP contribution in [-0.4, -0.2) is 30.8 Å². The van der Waals surface area contributed by atoms with Gasteiger partial charge in [0.25, 0.3) is 0 Å². The van der Waals surface area contributed by atoms with Gasteiger partial charge >= 0.3 is 0 Å². The third-order valence-electron chi connectivity index (χ3n) is 2.43. The minimum atomic E-state index is -0.291. The molecule has 1 heterocycles. The molecular weight excluding hydrogens is 307 g/mol. The molecule has 0 fully saturated rings. The van der Waals surface area contributed by atoms with E-state index in [1.807, 2.05) is 25.1 Å². The zero-order valence-corrected chi connectivity index (χ0v) is 13.4. The van der Waals surface area contributed by atoms with E-state index in [1.54, 1.807) is 0 Å². The second kappa shape index (κ2) is 7.41. The molecule has 21 heavy (non-hydrogen) atoms. The maximum atomic E-state index is 13.6. The second-order valence-electron chi connectivity index (χ2n) is 4.39. The first-order valence-electron chi connectivity index (χ1n) is 6.20. The van der Waals surface area contributed by atoms with Crippen LogP contribution in [0.4, 0.5) is 9.52 Å². The van der Waals surface area contributed by atoms with E-state index in [9.17, 15) is 4.39 Å². The van der Waals surface area contributed by atoms with Crippen LogP contribution in [-0.2, 0) is 5.75 Å². The van der Waals surface area contributed by atoms with Crippen LogP contribution in [0.1, 0.15) is 11.1 Å². The van der Waals surface area contributed by atoms with Crippen LogP contribution in [0.2, 0.25) is 0 Å². The van der Waals surface area contributed by atoms with Crippen LogP contribution >= 0.6 is 23.1 Å². The van der Waals surface area contributed by atoms with Crippen molar-refractivity contribution in [1.82, 2.24) is 10.2 Å². The molecule has 7 heteroatoms. The first kappa shape index (κ1) is 15.8. The average Bonchev–Trinajstić information content (AvgIpc) is 2.91. The summed E-state index contributed by atoms with van der Waals surface area (Å²) in [5.74, 6) is 5.90. The Kier molecular flexibility index (Phi) is 5.56. The van der Waals surface area contributed by atoms with Gasteiger partial charge in [-0.15, -0.1) is 10.2 Å². The first-order chi connectivity index (χ1) is 10.1. The van der Waals surface area contributed by atoms with Gasteiger partial charge in [-0.1, -0.05) is 34.9 Å². The van der Waals surface area contributed by atoms with E-state index >= 15 is 0 Å². The highest BCUT2D eigenvalue weighted by molar-refractivity contribution is 8.00. The van der Waals surface area contributed by atoms with Crippen LogP contribution in [0.15, 0.2) is 22.5 Å². The monoisotopic (exact) mass is 322 g/mol. The zero-order chi connectivity index (χ0) is 15.2. The van der Waals surface area contributed by atoms with Crippen LogP contribution in [0.3, 0.4) is 0 Å². The van der Waals surface area contributed by atoms with Crippen LogP contribution in [0.25, 0.3) is 0 Å². The summed E-state index contributed by atoms with van der Waals surface area (Å²) in [7, 11) is 3.84. The SMILES string of the molecule is CN(C)c1nnc(SCc2cc(F)cc(C#CCN)c2)s1. The summed E-state index contributed by atoms with van der Waals surface area (Å²) in [5, 5.41) is 9.02. The smallest absolute Gasteiger partial charge is 0.208 e. The van der Waals surface area contributed by atoms with E-state index < -0.39 is 0 Å². The molecule has 110 valence electrons. The molecule has 0 aliphatic heterocycles. The largest absolute Gasteiger partial charge is 0.353 e. The minimum absolute atomic E-state index is 0.263. The number of hydrogen-bond donors (Lipinski definition) is 1. The Bertz CT molecular complexity index is 673. The molecule has 0 amide bonds. The molecule has 0 unspecified atom stereocenters. The van der Waals surface area contributed by atoms with Crippen molar-refractivity contribution in [3.63, 3.8) is 0 Å². The van der Waals surface area contributed by atoms with Gasteiger partial charge in [0, 0.05) is 25.4 Å². The molecule has 0 atom stereocenters. The lowest BCUT2D eigenvalue weighted by molar-refractivity contribution is 0.626. The predicted octanol–water partition coefficient (Wildman–Crippen LogP) is 2.35. The Labute approximate surface area is 131 Å². The Morgan fingerprint density at radius 2 is 2.14 bits per heavy atom. The van der Waals surface area contributed by atoms with E-state index in [2.05, 4.69) is 22.0 Å². The topological polar surface area (TPSA) is 55.0 Å².